The summed E-state index contributed by atoms with van der Waals surface area (Å²) in [5, 5.41) is 15.5. The number of carbonyl (C=O) groups excluding carboxylic acids is 1. The quantitative estimate of drug-likeness (QED) is 0.562. The fraction of sp³-hybridized carbons (Fsp3) is 0.533. The standard InChI is InChI=1S/C15H23N3O4S.ClH/c1-10(2)18-23(21,22)13-5-3-11(4-6-13)15(20)17-8-12-7-16-9-14(12)19;/h3-6,10,12,14,16,18-19H,7-9H2,1-2H3,(H,17,20);1H. The van der Waals surface area contributed by atoms with Gasteiger partial charge in [-0.15, -0.1) is 12.4 Å². The van der Waals surface area contributed by atoms with E-state index in [2.05, 4.69) is 15.4 Å². The highest BCUT2D eigenvalue weighted by Crippen LogP contribution is 2.12. The number of halogens is 1. The number of hydrogen-bond acceptors (Lipinski definition) is 5. The molecule has 1 aromatic carbocycles. The molecule has 0 saturated carbocycles. The molecule has 7 nitrogen and oxygen atoms in total. The Morgan fingerprint density at radius 3 is 2.42 bits per heavy atom. The second-order valence-electron chi connectivity index (χ2n) is 6.00. The summed E-state index contributed by atoms with van der Waals surface area (Å²) in [6.07, 6.45) is -0.454. The van der Waals surface area contributed by atoms with Crippen LogP contribution in [0.1, 0.15) is 24.2 Å². The van der Waals surface area contributed by atoms with E-state index in [0.717, 1.165) is 0 Å². The summed E-state index contributed by atoms with van der Waals surface area (Å²) in [5.41, 5.74) is 0.383. The third-order valence-electron chi connectivity index (χ3n) is 3.65. The number of amides is 1. The van der Waals surface area contributed by atoms with Gasteiger partial charge in [0.05, 0.1) is 11.0 Å². The van der Waals surface area contributed by atoms with Crippen molar-refractivity contribution in [2.45, 2.75) is 30.9 Å². The minimum atomic E-state index is -3.56. The minimum Gasteiger partial charge on any atom is -0.391 e. The van der Waals surface area contributed by atoms with Crippen LogP contribution in [0.15, 0.2) is 29.2 Å². The molecule has 2 rings (SSSR count). The highest BCUT2D eigenvalue weighted by molar-refractivity contribution is 7.89. The molecule has 2 unspecified atom stereocenters. The van der Waals surface area contributed by atoms with Crippen molar-refractivity contribution in [3.63, 3.8) is 0 Å². The molecule has 2 atom stereocenters. The third-order valence-corrected chi connectivity index (χ3v) is 5.32. The number of β-amino-alcohol motifs (C(OH)–C–C–N with tert-alkyl or cyclic N) is 1. The van der Waals surface area contributed by atoms with Crippen molar-refractivity contribution in [1.82, 2.24) is 15.4 Å². The number of benzene rings is 1. The molecule has 0 spiro atoms. The van der Waals surface area contributed by atoms with Crippen molar-refractivity contribution in [3.05, 3.63) is 29.8 Å². The predicted molar refractivity (Wildman–Crippen MR) is 93.8 cm³/mol. The van der Waals surface area contributed by atoms with Gasteiger partial charge < -0.3 is 15.7 Å². The van der Waals surface area contributed by atoms with Gasteiger partial charge in [0.15, 0.2) is 0 Å². The molecule has 0 aliphatic carbocycles. The van der Waals surface area contributed by atoms with Gasteiger partial charge >= 0.3 is 0 Å². The van der Waals surface area contributed by atoms with Gasteiger partial charge in [0, 0.05) is 37.2 Å². The first kappa shape index (κ1) is 20.9. The Kier molecular flexibility index (Phi) is 7.62. The van der Waals surface area contributed by atoms with Crippen molar-refractivity contribution in [2.24, 2.45) is 5.92 Å². The molecule has 1 fully saturated rings. The molecule has 0 radical (unpaired) electrons. The lowest BCUT2D eigenvalue weighted by Crippen LogP contribution is -2.34. The number of hydrogen-bond donors (Lipinski definition) is 4. The van der Waals surface area contributed by atoms with E-state index in [-0.39, 0.29) is 35.2 Å². The second-order valence-corrected chi connectivity index (χ2v) is 7.71. The number of aliphatic hydroxyl groups excluding tert-OH is 1. The fourth-order valence-corrected chi connectivity index (χ4v) is 3.67. The van der Waals surface area contributed by atoms with E-state index in [9.17, 15) is 18.3 Å². The highest BCUT2D eigenvalue weighted by Gasteiger charge is 2.25. The molecule has 1 aliphatic rings. The summed E-state index contributed by atoms with van der Waals surface area (Å²) in [4.78, 5) is 12.2. The first-order valence-corrected chi connectivity index (χ1v) is 9.07. The summed E-state index contributed by atoms with van der Waals surface area (Å²) >= 11 is 0. The van der Waals surface area contributed by atoms with E-state index in [0.29, 0.717) is 25.2 Å². The Morgan fingerprint density at radius 2 is 1.92 bits per heavy atom. The van der Waals surface area contributed by atoms with E-state index in [1.165, 1.54) is 24.3 Å². The monoisotopic (exact) mass is 377 g/mol. The largest absolute Gasteiger partial charge is 0.391 e. The lowest BCUT2D eigenvalue weighted by atomic mass is 10.1. The van der Waals surface area contributed by atoms with Crippen LogP contribution in [0.2, 0.25) is 0 Å². The van der Waals surface area contributed by atoms with Crippen LogP contribution >= 0.6 is 12.4 Å². The summed E-state index contributed by atoms with van der Waals surface area (Å²) in [6.45, 7) is 5.06. The van der Waals surface area contributed by atoms with Crippen LogP contribution < -0.4 is 15.4 Å². The van der Waals surface area contributed by atoms with E-state index in [4.69, 9.17) is 0 Å². The Hall–Kier alpha value is -1.19. The predicted octanol–water partition coefficient (Wildman–Crippen LogP) is 0.105. The molecule has 1 heterocycles. The van der Waals surface area contributed by atoms with E-state index >= 15 is 0 Å². The van der Waals surface area contributed by atoms with Crippen LogP contribution in [0.25, 0.3) is 0 Å². The fourth-order valence-electron chi connectivity index (χ4n) is 2.42. The summed E-state index contributed by atoms with van der Waals surface area (Å²) in [7, 11) is -3.56. The van der Waals surface area contributed by atoms with Gasteiger partial charge in [-0.05, 0) is 38.1 Å². The molecule has 1 amide bonds. The molecule has 0 aromatic heterocycles. The van der Waals surface area contributed by atoms with Gasteiger partial charge in [-0.1, -0.05) is 0 Å². The zero-order chi connectivity index (χ0) is 17.0. The number of aliphatic hydroxyl groups is 1. The summed E-state index contributed by atoms with van der Waals surface area (Å²) in [6, 6.07) is 5.58. The number of rotatable bonds is 6. The first-order valence-electron chi connectivity index (χ1n) is 7.59. The average molecular weight is 378 g/mol. The Bertz CT molecular complexity index is 649. The Morgan fingerprint density at radius 1 is 1.29 bits per heavy atom. The molecule has 4 N–H and O–H groups in total. The Labute approximate surface area is 148 Å². The molecule has 136 valence electrons. The lowest BCUT2D eigenvalue weighted by molar-refractivity contribution is 0.0927. The lowest BCUT2D eigenvalue weighted by Gasteiger charge is -2.14. The zero-order valence-electron chi connectivity index (χ0n) is 13.7. The van der Waals surface area contributed by atoms with Gasteiger partial charge in [0.1, 0.15) is 0 Å². The number of sulfonamides is 1. The van der Waals surface area contributed by atoms with E-state index in [1.807, 2.05) is 0 Å². The van der Waals surface area contributed by atoms with Crippen LogP contribution in [0.4, 0.5) is 0 Å². The van der Waals surface area contributed by atoms with Crippen molar-refractivity contribution in [1.29, 1.82) is 0 Å². The normalized spacial score (nSPS) is 20.7. The summed E-state index contributed by atoms with van der Waals surface area (Å²) in [5.74, 6) is -0.293. The van der Waals surface area contributed by atoms with Gasteiger partial charge in [0.25, 0.3) is 5.91 Å². The van der Waals surface area contributed by atoms with E-state index in [1.54, 1.807) is 13.8 Å². The Balaban J connectivity index is 0.00000288. The van der Waals surface area contributed by atoms with Crippen LogP contribution in [0.3, 0.4) is 0 Å². The zero-order valence-corrected chi connectivity index (χ0v) is 15.3. The van der Waals surface area contributed by atoms with Crippen molar-refractivity contribution >= 4 is 28.3 Å². The smallest absolute Gasteiger partial charge is 0.251 e. The molecule has 1 aliphatic heterocycles. The molecule has 9 heteroatoms. The molecular formula is C15H24ClN3O4S. The van der Waals surface area contributed by atoms with Crippen LogP contribution in [-0.4, -0.2) is 51.2 Å². The molecule has 1 saturated heterocycles. The van der Waals surface area contributed by atoms with Crippen LogP contribution in [0, 0.1) is 5.92 Å². The van der Waals surface area contributed by atoms with Crippen LogP contribution in [-0.2, 0) is 10.0 Å². The maximum absolute atomic E-state index is 12.1. The molecular weight excluding hydrogens is 354 g/mol. The first-order chi connectivity index (χ1) is 10.8. The number of nitrogens with one attached hydrogen (secondary N) is 3. The summed E-state index contributed by atoms with van der Waals surface area (Å²) < 4.78 is 26.5. The van der Waals surface area contributed by atoms with E-state index < -0.39 is 16.1 Å². The topological polar surface area (TPSA) is 108 Å². The average Bonchev–Trinajstić information content (AvgIpc) is 2.89. The molecule has 1 aromatic rings. The van der Waals surface area contributed by atoms with Gasteiger partial charge in [0.2, 0.25) is 10.0 Å². The van der Waals surface area contributed by atoms with Crippen molar-refractivity contribution in [3.8, 4) is 0 Å². The second kappa shape index (κ2) is 8.77. The maximum Gasteiger partial charge on any atom is 0.251 e. The maximum atomic E-state index is 12.1. The van der Waals surface area contributed by atoms with Gasteiger partial charge in [-0.2, -0.15) is 0 Å². The van der Waals surface area contributed by atoms with Gasteiger partial charge in [-0.3, -0.25) is 4.79 Å². The minimum absolute atomic E-state index is 0. The van der Waals surface area contributed by atoms with Crippen molar-refractivity contribution in [2.75, 3.05) is 19.6 Å². The van der Waals surface area contributed by atoms with Crippen molar-refractivity contribution < 1.29 is 18.3 Å². The molecule has 0 bridgehead atoms. The third kappa shape index (κ3) is 5.42. The number of carbonyl (C=O) groups is 1. The van der Waals surface area contributed by atoms with Gasteiger partial charge in [-0.25, -0.2) is 13.1 Å². The van der Waals surface area contributed by atoms with Crippen LogP contribution in [0.5, 0.6) is 0 Å². The SMILES string of the molecule is CC(C)NS(=O)(=O)c1ccc(C(=O)NCC2CNCC2O)cc1.Cl. The molecule has 24 heavy (non-hydrogen) atoms. The highest BCUT2D eigenvalue weighted by atomic mass is 35.5.